The van der Waals surface area contributed by atoms with Gasteiger partial charge >= 0.3 is 0 Å². The van der Waals surface area contributed by atoms with Gasteiger partial charge in [-0.3, -0.25) is 9.78 Å². The van der Waals surface area contributed by atoms with Gasteiger partial charge < -0.3 is 4.90 Å². The van der Waals surface area contributed by atoms with Gasteiger partial charge in [0.1, 0.15) is 0 Å². The van der Waals surface area contributed by atoms with E-state index in [4.69, 9.17) is 11.6 Å². The number of amides is 1. The second-order valence-electron chi connectivity index (χ2n) is 6.29. The van der Waals surface area contributed by atoms with Crippen LogP contribution in [0.15, 0.2) is 41.4 Å². The first-order valence-corrected chi connectivity index (χ1v) is 10.3. The van der Waals surface area contributed by atoms with Crippen molar-refractivity contribution in [3.05, 3.63) is 58.4 Å². The van der Waals surface area contributed by atoms with Gasteiger partial charge in [-0.1, -0.05) is 17.7 Å². The molecule has 5 nitrogen and oxygen atoms in total. The molecule has 1 heterocycles. The number of carbonyl (C=O) groups is 1. The lowest BCUT2D eigenvalue weighted by Crippen LogP contribution is -2.34. The van der Waals surface area contributed by atoms with E-state index in [2.05, 4.69) is 4.98 Å². The first-order chi connectivity index (χ1) is 11.8. The van der Waals surface area contributed by atoms with Gasteiger partial charge in [0.15, 0.2) is 9.84 Å². The molecule has 0 spiro atoms. The van der Waals surface area contributed by atoms with Crippen molar-refractivity contribution < 1.29 is 13.2 Å². The molecule has 7 heteroatoms. The lowest BCUT2D eigenvalue weighted by atomic mass is 9.91. The van der Waals surface area contributed by atoms with Gasteiger partial charge in [0.05, 0.1) is 27.2 Å². The number of benzene rings is 1. The highest BCUT2D eigenvalue weighted by atomic mass is 35.5. The van der Waals surface area contributed by atoms with Crippen LogP contribution >= 0.6 is 11.6 Å². The van der Waals surface area contributed by atoms with E-state index in [1.165, 1.54) is 18.2 Å². The highest BCUT2D eigenvalue weighted by Gasteiger charge is 2.29. The van der Waals surface area contributed by atoms with Crippen LogP contribution in [0.1, 0.15) is 40.5 Å². The average molecular weight is 379 g/mol. The third kappa shape index (κ3) is 3.55. The fourth-order valence-electron chi connectivity index (χ4n) is 3.19. The van der Waals surface area contributed by atoms with Crippen molar-refractivity contribution in [2.24, 2.45) is 0 Å². The highest BCUT2D eigenvalue weighted by Crippen LogP contribution is 2.33. The van der Waals surface area contributed by atoms with E-state index in [1.54, 1.807) is 18.1 Å². The molecule has 0 N–H and O–H groups in total. The molecule has 0 fully saturated rings. The Labute approximate surface area is 152 Å². The third-order valence-corrected chi connectivity index (χ3v) is 5.99. The van der Waals surface area contributed by atoms with Crippen LogP contribution < -0.4 is 0 Å². The molecule has 1 aromatic heterocycles. The molecule has 0 aliphatic heterocycles. The van der Waals surface area contributed by atoms with Gasteiger partial charge in [-0.25, -0.2) is 8.42 Å². The Morgan fingerprint density at radius 2 is 2.08 bits per heavy atom. The monoisotopic (exact) mass is 378 g/mol. The van der Waals surface area contributed by atoms with Crippen LogP contribution in [0.3, 0.4) is 0 Å². The fraction of sp³-hybridized carbons (Fsp3) is 0.333. The highest BCUT2D eigenvalue weighted by molar-refractivity contribution is 7.90. The molecule has 0 unspecified atom stereocenters. The quantitative estimate of drug-likeness (QED) is 0.821. The molecule has 2 aromatic rings. The standard InChI is InChI=1S/C18H19ClN2O3S/c1-21(16-7-3-5-12-6-4-10-20-17(12)16)18(22)14-11-13(25(2,23)24)8-9-15(14)19/h4,6,8-11,16H,3,5,7H2,1-2H3/t16-/m1/s1. The maximum absolute atomic E-state index is 13.0. The number of aromatic nitrogens is 1. The van der Waals surface area contributed by atoms with Gasteiger partial charge in [-0.2, -0.15) is 0 Å². The van der Waals surface area contributed by atoms with Crippen LogP contribution in [-0.2, 0) is 16.3 Å². The zero-order valence-corrected chi connectivity index (χ0v) is 15.6. The Morgan fingerprint density at radius 1 is 1.32 bits per heavy atom. The van der Waals surface area contributed by atoms with Gasteiger partial charge in [0, 0.05) is 19.5 Å². The number of hydrogen-bond donors (Lipinski definition) is 0. The summed E-state index contributed by atoms with van der Waals surface area (Å²) in [7, 11) is -1.71. The van der Waals surface area contributed by atoms with E-state index in [-0.39, 0.29) is 27.4 Å². The van der Waals surface area contributed by atoms with E-state index in [1.807, 2.05) is 12.1 Å². The third-order valence-electron chi connectivity index (χ3n) is 4.55. The van der Waals surface area contributed by atoms with Gasteiger partial charge in [0.25, 0.3) is 5.91 Å². The molecule has 0 saturated heterocycles. The molecule has 3 rings (SSSR count). The lowest BCUT2D eigenvalue weighted by Gasteiger charge is -2.32. The predicted molar refractivity (Wildman–Crippen MR) is 96.6 cm³/mol. The fourth-order valence-corrected chi connectivity index (χ4v) is 4.04. The summed E-state index contributed by atoms with van der Waals surface area (Å²) < 4.78 is 23.6. The Bertz CT molecular complexity index is 928. The number of aryl methyl sites for hydroxylation is 1. The summed E-state index contributed by atoms with van der Waals surface area (Å²) >= 11 is 6.17. The van der Waals surface area contributed by atoms with E-state index in [0.29, 0.717) is 0 Å². The summed E-state index contributed by atoms with van der Waals surface area (Å²) in [6, 6.07) is 7.99. The van der Waals surface area contributed by atoms with Gasteiger partial charge in [-0.05, 0) is 49.1 Å². The smallest absolute Gasteiger partial charge is 0.255 e. The molecular weight excluding hydrogens is 360 g/mol. The molecule has 132 valence electrons. The predicted octanol–water partition coefficient (Wildman–Crippen LogP) is 3.29. The number of halogens is 1. The van der Waals surface area contributed by atoms with Crippen LogP contribution in [0.2, 0.25) is 5.02 Å². The Kier molecular flexibility index (Phi) is 4.84. The summed E-state index contributed by atoms with van der Waals surface area (Å²) in [6.45, 7) is 0. The Hall–Kier alpha value is -1.92. The van der Waals surface area contributed by atoms with E-state index in [9.17, 15) is 13.2 Å². The topological polar surface area (TPSA) is 67.3 Å². The number of rotatable bonds is 3. The van der Waals surface area contributed by atoms with Crippen molar-refractivity contribution in [1.82, 2.24) is 9.88 Å². The molecule has 1 aliphatic carbocycles. The van der Waals surface area contributed by atoms with E-state index < -0.39 is 9.84 Å². The van der Waals surface area contributed by atoms with Crippen molar-refractivity contribution in [1.29, 1.82) is 0 Å². The van der Waals surface area contributed by atoms with Gasteiger partial charge in [-0.15, -0.1) is 0 Å². The maximum Gasteiger partial charge on any atom is 0.255 e. The molecule has 0 saturated carbocycles. The zero-order chi connectivity index (χ0) is 18.2. The summed E-state index contributed by atoms with van der Waals surface area (Å²) in [5, 5.41) is 0.237. The summed E-state index contributed by atoms with van der Waals surface area (Å²) in [5.74, 6) is -0.306. The van der Waals surface area contributed by atoms with Crippen LogP contribution in [0.4, 0.5) is 0 Å². The minimum absolute atomic E-state index is 0.0795. The Balaban J connectivity index is 1.97. The lowest BCUT2D eigenvalue weighted by molar-refractivity contribution is 0.0711. The average Bonchev–Trinajstić information content (AvgIpc) is 2.59. The number of carbonyl (C=O) groups excluding carboxylic acids is 1. The van der Waals surface area contributed by atoms with Crippen molar-refractivity contribution in [3.63, 3.8) is 0 Å². The molecule has 25 heavy (non-hydrogen) atoms. The normalized spacial score (nSPS) is 17.0. The first-order valence-electron chi connectivity index (χ1n) is 7.99. The zero-order valence-electron chi connectivity index (χ0n) is 14.1. The van der Waals surface area contributed by atoms with Crippen molar-refractivity contribution in [3.8, 4) is 0 Å². The minimum Gasteiger partial charge on any atom is -0.333 e. The first kappa shape index (κ1) is 17.9. The van der Waals surface area contributed by atoms with E-state index in [0.717, 1.165) is 36.8 Å². The molecule has 1 amide bonds. The SMILES string of the molecule is CN(C(=O)c1cc(S(C)(=O)=O)ccc1Cl)[C@@H]1CCCc2cccnc21. The van der Waals surface area contributed by atoms with Crippen LogP contribution in [-0.4, -0.2) is 37.5 Å². The number of nitrogens with zero attached hydrogens (tertiary/aromatic N) is 2. The van der Waals surface area contributed by atoms with Gasteiger partial charge in [0.2, 0.25) is 0 Å². The molecule has 0 bridgehead atoms. The summed E-state index contributed by atoms with van der Waals surface area (Å²) in [4.78, 5) is 19.1. The summed E-state index contributed by atoms with van der Waals surface area (Å²) in [5.41, 5.74) is 2.24. The second-order valence-corrected chi connectivity index (χ2v) is 8.71. The van der Waals surface area contributed by atoms with E-state index >= 15 is 0 Å². The van der Waals surface area contributed by atoms with Crippen LogP contribution in [0.5, 0.6) is 0 Å². The number of fused-ring (bicyclic) bond motifs is 1. The van der Waals surface area contributed by atoms with Crippen LogP contribution in [0.25, 0.3) is 0 Å². The van der Waals surface area contributed by atoms with Crippen molar-refractivity contribution >= 4 is 27.3 Å². The molecule has 0 radical (unpaired) electrons. The molecular formula is C18H19ClN2O3S. The Morgan fingerprint density at radius 3 is 2.80 bits per heavy atom. The molecule has 1 atom stereocenters. The van der Waals surface area contributed by atoms with Crippen molar-refractivity contribution in [2.45, 2.75) is 30.2 Å². The number of hydrogen-bond acceptors (Lipinski definition) is 4. The largest absolute Gasteiger partial charge is 0.333 e. The number of pyridine rings is 1. The second kappa shape index (κ2) is 6.77. The van der Waals surface area contributed by atoms with Crippen LogP contribution in [0, 0.1) is 0 Å². The maximum atomic E-state index is 13.0. The number of sulfone groups is 1. The molecule has 1 aromatic carbocycles. The minimum atomic E-state index is -3.42. The summed E-state index contributed by atoms with van der Waals surface area (Å²) in [6.07, 6.45) is 5.57. The molecule has 1 aliphatic rings. The van der Waals surface area contributed by atoms with Crippen molar-refractivity contribution in [2.75, 3.05) is 13.3 Å².